The van der Waals surface area contributed by atoms with Crippen molar-refractivity contribution in [1.29, 1.82) is 0 Å². The van der Waals surface area contributed by atoms with Gasteiger partial charge in [0.25, 0.3) is 10.0 Å². The summed E-state index contributed by atoms with van der Waals surface area (Å²) in [6.45, 7) is 4.26. The summed E-state index contributed by atoms with van der Waals surface area (Å²) in [5.74, 6) is -0.326. The van der Waals surface area contributed by atoms with Gasteiger partial charge in [-0.2, -0.15) is 0 Å². The number of hydrogen-bond donors (Lipinski definition) is 1. The lowest BCUT2D eigenvalue weighted by atomic mass is 10.2. The Bertz CT molecular complexity index is 1340. The summed E-state index contributed by atoms with van der Waals surface area (Å²) in [6, 6.07) is 21.2. The molecular formula is C27H29N3O4S. The van der Waals surface area contributed by atoms with Gasteiger partial charge in [-0.3, -0.25) is 13.9 Å². The molecule has 0 aliphatic carbocycles. The molecule has 0 aromatic heterocycles. The van der Waals surface area contributed by atoms with E-state index in [2.05, 4.69) is 5.32 Å². The van der Waals surface area contributed by atoms with Crippen LogP contribution in [-0.2, 0) is 26.2 Å². The lowest BCUT2D eigenvalue weighted by molar-refractivity contribution is -0.120. The van der Waals surface area contributed by atoms with Crippen molar-refractivity contribution in [1.82, 2.24) is 5.32 Å². The molecule has 1 N–H and O–H groups in total. The Labute approximate surface area is 206 Å². The maximum Gasteiger partial charge on any atom is 0.264 e. The van der Waals surface area contributed by atoms with E-state index in [0.29, 0.717) is 18.7 Å². The summed E-state index contributed by atoms with van der Waals surface area (Å²) in [7, 11) is -3.97. The van der Waals surface area contributed by atoms with E-state index in [1.165, 1.54) is 0 Å². The van der Waals surface area contributed by atoms with E-state index in [4.69, 9.17) is 0 Å². The first kappa shape index (κ1) is 24.5. The van der Waals surface area contributed by atoms with Crippen molar-refractivity contribution in [2.45, 2.75) is 38.1 Å². The molecule has 35 heavy (non-hydrogen) atoms. The predicted molar refractivity (Wildman–Crippen MR) is 137 cm³/mol. The molecule has 1 fully saturated rings. The number of para-hydroxylation sites is 1. The standard InChI is InChI=1S/C27H29N3O4S/c1-20-12-14-24(15-13-20)35(33,34)30(25-10-4-3-7-21(25)2)19-26(31)28-18-22-8-5-9-23(17-22)29-16-6-11-27(29)32/h3-5,7-10,12-15,17H,6,11,16,18-19H2,1-2H3,(H,28,31). The van der Waals surface area contributed by atoms with Crippen LogP contribution in [0.1, 0.15) is 29.5 Å². The van der Waals surface area contributed by atoms with Crippen LogP contribution in [-0.4, -0.2) is 33.3 Å². The molecule has 0 unspecified atom stereocenters. The SMILES string of the molecule is Cc1ccc(S(=O)(=O)N(CC(=O)NCc2cccc(N3CCCC3=O)c2)c2ccccc2C)cc1. The predicted octanol–water partition coefficient (Wildman–Crippen LogP) is 3.94. The Morgan fingerprint density at radius 2 is 1.74 bits per heavy atom. The molecule has 1 aliphatic heterocycles. The van der Waals surface area contributed by atoms with Gasteiger partial charge in [0, 0.05) is 25.2 Å². The van der Waals surface area contributed by atoms with Crippen molar-refractivity contribution in [2.75, 3.05) is 22.3 Å². The van der Waals surface area contributed by atoms with Gasteiger partial charge in [-0.15, -0.1) is 0 Å². The highest BCUT2D eigenvalue weighted by molar-refractivity contribution is 7.92. The molecule has 1 saturated heterocycles. The summed E-state index contributed by atoms with van der Waals surface area (Å²) in [5.41, 5.74) is 3.79. The summed E-state index contributed by atoms with van der Waals surface area (Å²) in [5, 5.41) is 2.83. The average molecular weight is 492 g/mol. The maximum atomic E-state index is 13.5. The fourth-order valence-electron chi connectivity index (χ4n) is 4.12. The van der Waals surface area contributed by atoms with Crippen LogP contribution in [0.25, 0.3) is 0 Å². The van der Waals surface area contributed by atoms with Gasteiger partial charge in [0.15, 0.2) is 0 Å². The highest BCUT2D eigenvalue weighted by Crippen LogP contribution is 2.27. The minimum Gasteiger partial charge on any atom is -0.350 e. The topological polar surface area (TPSA) is 86.8 Å². The number of amides is 2. The van der Waals surface area contributed by atoms with Crippen LogP contribution in [0.15, 0.2) is 77.7 Å². The molecule has 182 valence electrons. The number of carbonyl (C=O) groups is 2. The highest BCUT2D eigenvalue weighted by Gasteiger charge is 2.28. The molecule has 0 bridgehead atoms. The summed E-state index contributed by atoms with van der Waals surface area (Å²) < 4.78 is 28.2. The first-order chi connectivity index (χ1) is 16.8. The number of sulfonamides is 1. The second-order valence-corrected chi connectivity index (χ2v) is 10.6. The van der Waals surface area contributed by atoms with Crippen molar-refractivity contribution < 1.29 is 18.0 Å². The fraction of sp³-hybridized carbons (Fsp3) is 0.259. The first-order valence-electron chi connectivity index (χ1n) is 11.6. The van der Waals surface area contributed by atoms with Gasteiger partial charge in [0.05, 0.1) is 10.6 Å². The molecule has 0 radical (unpaired) electrons. The minimum atomic E-state index is -3.97. The third-order valence-corrected chi connectivity index (χ3v) is 7.84. The average Bonchev–Trinajstić information content (AvgIpc) is 3.28. The van der Waals surface area contributed by atoms with Gasteiger partial charge in [0.1, 0.15) is 6.54 Å². The van der Waals surface area contributed by atoms with E-state index in [-0.39, 0.29) is 23.9 Å². The molecule has 0 saturated carbocycles. The van der Waals surface area contributed by atoms with E-state index < -0.39 is 15.9 Å². The third-order valence-electron chi connectivity index (χ3n) is 6.07. The van der Waals surface area contributed by atoms with Crippen LogP contribution in [0.2, 0.25) is 0 Å². The summed E-state index contributed by atoms with van der Waals surface area (Å²) in [6.07, 6.45) is 1.38. The van der Waals surface area contributed by atoms with Crippen LogP contribution in [0, 0.1) is 13.8 Å². The number of aryl methyl sites for hydroxylation is 2. The Balaban J connectivity index is 1.53. The molecule has 8 heteroatoms. The Hall–Kier alpha value is -3.65. The zero-order valence-corrected chi connectivity index (χ0v) is 20.7. The van der Waals surface area contributed by atoms with E-state index >= 15 is 0 Å². The van der Waals surface area contributed by atoms with Crippen molar-refractivity contribution in [2.24, 2.45) is 0 Å². The first-order valence-corrected chi connectivity index (χ1v) is 13.0. The molecule has 1 heterocycles. The van der Waals surface area contributed by atoms with Gasteiger partial charge >= 0.3 is 0 Å². The zero-order chi connectivity index (χ0) is 25.0. The van der Waals surface area contributed by atoms with E-state index in [1.807, 2.05) is 50.2 Å². The number of benzene rings is 3. The Morgan fingerprint density at radius 3 is 2.43 bits per heavy atom. The zero-order valence-electron chi connectivity index (χ0n) is 19.9. The van der Waals surface area contributed by atoms with Gasteiger partial charge < -0.3 is 10.2 Å². The second-order valence-electron chi connectivity index (χ2n) is 8.71. The van der Waals surface area contributed by atoms with Crippen molar-refractivity contribution in [3.63, 3.8) is 0 Å². The van der Waals surface area contributed by atoms with Gasteiger partial charge in [-0.05, 0) is 61.7 Å². The lowest BCUT2D eigenvalue weighted by Crippen LogP contribution is -2.41. The maximum absolute atomic E-state index is 13.5. The van der Waals surface area contributed by atoms with E-state index in [1.54, 1.807) is 41.3 Å². The molecule has 2 amide bonds. The van der Waals surface area contributed by atoms with E-state index in [0.717, 1.165) is 33.1 Å². The van der Waals surface area contributed by atoms with E-state index in [9.17, 15) is 18.0 Å². The van der Waals surface area contributed by atoms with Crippen molar-refractivity contribution in [3.8, 4) is 0 Å². The minimum absolute atomic E-state index is 0.0985. The Morgan fingerprint density at radius 1 is 1.00 bits per heavy atom. The fourth-order valence-corrected chi connectivity index (χ4v) is 5.61. The molecule has 7 nitrogen and oxygen atoms in total. The molecule has 3 aromatic rings. The van der Waals surface area contributed by atoms with Crippen LogP contribution in [0.5, 0.6) is 0 Å². The molecule has 4 rings (SSSR count). The smallest absolute Gasteiger partial charge is 0.264 e. The van der Waals surface area contributed by atoms with Gasteiger partial charge in [0.2, 0.25) is 11.8 Å². The lowest BCUT2D eigenvalue weighted by Gasteiger charge is -2.25. The molecule has 3 aromatic carbocycles. The summed E-state index contributed by atoms with van der Waals surface area (Å²) in [4.78, 5) is 26.9. The van der Waals surface area contributed by atoms with Crippen LogP contribution in [0.4, 0.5) is 11.4 Å². The Kier molecular flexibility index (Phi) is 7.21. The number of carbonyl (C=O) groups excluding carboxylic acids is 2. The van der Waals surface area contributed by atoms with Crippen LogP contribution < -0.4 is 14.5 Å². The quantitative estimate of drug-likeness (QED) is 0.517. The van der Waals surface area contributed by atoms with Crippen molar-refractivity contribution >= 4 is 33.2 Å². The number of nitrogens with one attached hydrogen (secondary N) is 1. The number of hydrogen-bond acceptors (Lipinski definition) is 4. The van der Waals surface area contributed by atoms with Crippen LogP contribution >= 0.6 is 0 Å². The second kappa shape index (κ2) is 10.3. The molecule has 0 spiro atoms. The number of nitrogens with zero attached hydrogens (tertiary/aromatic N) is 2. The molecule has 1 aliphatic rings. The number of rotatable bonds is 8. The third kappa shape index (κ3) is 5.54. The molecule has 0 atom stereocenters. The van der Waals surface area contributed by atoms with Gasteiger partial charge in [-0.1, -0.05) is 48.0 Å². The van der Waals surface area contributed by atoms with Gasteiger partial charge in [-0.25, -0.2) is 8.42 Å². The monoisotopic (exact) mass is 491 g/mol. The number of anilines is 2. The normalized spacial score (nSPS) is 13.7. The molecular weight excluding hydrogens is 462 g/mol. The van der Waals surface area contributed by atoms with Crippen LogP contribution in [0.3, 0.4) is 0 Å². The summed E-state index contributed by atoms with van der Waals surface area (Å²) >= 11 is 0. The highest BCUT2D eigenvalue weighted by atomic mass is 32.2. The van der Waals surface area contributed by atoms with Crippen molar-refractivity contribution in [3.05, 3.63) is 89.5 Å². The largest absolute Gasteiger partial charge is 0.350 e.